The number of benzene rings is 1. The Morgan fingerprint density at radius 2 is 2.11 bits per heavy atom. The third kappa shape index (κ3) is 3.98. The summed E-state index contributed by atoms with van der Waals surface area (Å²) in [5.74, 6) is 2.02. The number of aromatic nitrogens is 3. The van der Waals surface area contributed by atoms with Crippen LogP contribution in [0.4, 0.5) is 4.79 Å². The molecule has 28 heavy (non-hydrogen) atoms. The van der Waals surface area contributed by atoms with Gasteiger partial charge in [-0.05, 0) is 35.7 Å². The second kappa shape index (κ2) is 8.12. The van der Waals surface area contributed by atoms with Crippen molar-refractivity contribution in [3.8, 4) is 11.6 Å². The Kier molecular flexibility index (Phi) is 5.23. The van der Waals surface area contributed by atoms with Gasteiger partial charge in [0.15, 0.2) is 0 Å². The smallest absolute Gasteiger partial charge is 0.317 e. The first-order chi connectivity index (χ1) is 13.7. The first kappa shape index (κ1) is 18.0. The fourth-order valence-electron chi connectivity index (χ4n) is 3.45. The Bertz CT molecular complexity index is 907. The summed E-state index contributed by atoms with van der Waals surface area (Å²) in [5, 5.41) is 2.99. The fraction of sp³-hybridized carbons (Fsp3) is 0.286. The average Bonchev–Trinajstić information content (AvgIpc) is 3.45. The normalized spacial score (nSPS) is 16.2. The third-order valence-corrected chi connectivity index (χ3v) is 5.08. The van der Waals surface area contributed by atoms with E-state index >= 15 is 0 Å². The van der Waals surface area contributed by atoms with Gasteiger partial charge in [-0.1, -0.05) is 18.2 Å². The molecule has 3 aromatic rings. The number of methoxy groups -OCH3 is 1. The van der Waals surface area contributed by atoms with Gasteiger partial charge in [-0.3, -0.25) is 4.57 Å². The molecule has 1 aliphatic rings. The zero-order chi connectivity index (χ0) is 19.3. The number of ether oxygens (including phenoxy) is 1. The molecule has 2 aromatic heterocycles. The summed E-state index contributed by atoms with van der Waals surface area (Å²) in [4.78, 5) is 22.8. The number of imidazole rings is 1. The van der Waals surface area contributed by atoms with Crippen molar-refractivity contribution in [2.24, 2.45) is 0 Å². The molecular formula is C21H23N5O2. The summed E-state index contributed by atoms with van der Waals surface area (Å²) in [6.07, 6.45) is 8.01. The molecule has 1 atom stereocenters. The van der Waals surface area contributed by atoms with Crippen molar-refractivity contribution in [1.82, 2.24) is 24.8 Å². The van der Waals surface area contributed by atoms with Crippen LogP contribution in [-0.2, 0) is 6.54 Å². The van der Waals surface area contributed by atoms with Gasteiger partial charge < -0.3 is 15.0 Å². The monoisotopic (exact) mass is 377 g/mol. The van der Waals surface area contributed by atoms with Gasteiger partial charge in [-0.2, -0.15) is 0 Å². The third-order valence-electron chi connectivity index (χ3n) is 5.08. The highest BCUT2D eigenvalue weighted by Gasteiger charge is 2.27. The minimum absolute atomic E-state index is 0.0327. The molecule has 1 saturated heterocycles. The summed E-state index contributed by atoms with van der Waals surface area (Å²) in [6, 6.07) is 12.0. The number of nitrogens with one attached hydrogen (secondary N) is 1. The van der Waals surface area contributed by atoms with Crippen molar-refractivity contribution in [2.75, 3.05) is 20.2 Å². The number of likely N-dealkylation sites (tertiary alicyclic amines) is 1. The molecule has 7 heteroatoms. The summed E-state index contributed by atoms with van der Waals surface area (Å²) < 4.78 is 7.05. The van der Waals surface area contributed by atoms with E-state index < -0.39 is 0 Å². The lowest BCUT2D eigenvalue weighted by molar-refractivity contribution is 0.208. The van der Waals surface area contributed by atoms with Crippen molar-refractivity contribution in [3.05, 3.63) is 72.4 Å². The number of rotatable bonds is 5. The number of hydrogen-bond donors (Lipinski definition) is 1. The maximum Gasteiger partial charge on any atom is 0.317 e. The summed E-state index contributed by atoms with van der Waals surface area (Å²) >= 11 is 0. The quantitative estimate of drug-likeness (QED) is 0.742. The van der Waals surface area contributed by atoms with E-state index in [1.807, 2.05) is 39.9 Å². The van der Waals surface area contributed by atoms with E-state index in [1.165, 1.54) is 5.56 Å². The van der Waals surface area contributed by atoms with E-state index in [1.54, 1.807) is 25.8 Å². The van der Waals surface area contributed by atoms with E-state index in [-0.39, 0.29) is 6.03 Å². The Morgan fingerprint density at radius 1 is 1.25 bits per heavy atom. The van der Waals surface area contributed by atoms with E-state index in [0.717, 1.165) is 36.6 Å². The first-order valence-electron chi connectivity index (χ1n) is 9.33. The predicted molar refractivity (Wildman–Crippen MR) is 106 cm³/mol. The van der Waals surface area contributed by atoms with Crippen molar-refractivity contribution in [1.29, 1.82) is 0 Å². The lowest BCUT2D eigenvalue weighted by atomic mass is 9.98. The van der Waals surface area contributed by atoms with Crippen LogP contribution in [0.1, 0.15) is 23.5 Å². The van der Waals surface area contributed by atoms with Gasteiger partial charge in [0.25, 0.3) is 0 Å². The van der Waals surface area contributed by atoms with Crippen LogP contribution in [0.2, 0.25) is 0 Å². The molecule has 2 amide bonds. The molecule has 144 valence electrons. The SMILES string of the molecule is COc1ccc(C2CCN(C(=O)NCc3ccc(-n4ccnc4)nc3)C2)cc1. The number of carbonyl (C=O) groups excluding carboxylic acids is 1. The Balaban J connectivity index is 1.29. The van der Waals surface area contributed by atoms with Crippen LogP contribution in [-0.4, -0.2) is 45.7 Å². The molecule has 4 rings (SSSR count). The molecular weight excluding hydrogens is 354 g/mol. The van der Waals surface area contributed by atoms with Crippen LogP contribution in [0, 0.1) is 0 Å². The maximum atomic E-state index is 12.5. The number of hydrogen-bond acceptors (Lipinski definition) is 4. The van der Waals surface area contributed by atoms with E-state index in [4.69, 9.17) is 4.74 Å². The Hall–Kier alpha value is -3.35. The summed E-state index contributed by atoms with van der Waals surface area (Å²) in [6.45, 7) is 1.95. The molecule has 0 saturated carbocycles. The molecule has 1 aliphatic heterocycles. The van der Waals surface area contributed by atoms with Crippen molar-refractivity contribution >= 4 is 6.03 Å². The maximum absolute atomic E-state index is 12.5. The number of nitrogens with zero attached hydrogens (tertiary/aromatic N) is 4. The minimum atomic E-state index is -0.0327. The molecule has 0 bridgehead atoms. The molecule has 1 N–H and O–H groups in total. The summed E-state index contributed by atoms with van der Waals surface area (Å²) in [5.41, 5.74) is 2.21. The molecule has 0 radical (unpaired) electrons. The van der Waals surface area contributed by atoms with E-state index in [0.29, 0.717) is 12.5 Å². The molecule has 1 fully saturated rings. The lowest BCUT2D eigenvalue weighted by Gasteiger charge is -2.18. The molecule has 0 spiro atoms. The zero-order valence-electron chi connectivity index (χ0n) is 15.8. The Labute approximate surface area is 164 Å². The lowest BCUT2D eigenvalue weighted by Crippen LogP contribution is -2.38. The van der Waals surface area contributed by atoms with Crippen LogP contribution in [0.3, 0.4) is 0 Å². The number of pyridine rings is 1. The van der Waals surface area contributed by atoms with Gasteiger partial charge in [0, 0.05) is 44.1 Å². The van der Waals surface area contributed by atoms with Gasteiger partial charge in [-0.25, -0.2) is 14.8 Å². The van der Waals surface area contributed by atoms with Gasteiger partial charge in [-0.15, -0.1) is 0 Å². The number of carbonyl (C=O) groups is 1. The second-order valence-electron chi connectivity index (χ2n) is 6.86. The minimum Gasteiger partial charge on any atom is -0.497 e. The van der Waals surface area contributed by atoms with Crippen LogP contribution in [0.5, 0.6) is 5.75 Å². The second-order valence-corrected chi connectivity index (χ2v) is 6.86. The zero-order valence-corrected chi connectivity index (χ0v) is 15.8. The van der Waals surface area contributed by atoms with Crippen LogP contribution in [0.15, 0.2) is 61.3 Å². The van der Waals surface area contributed by atoms with Crippen LogP contribution < -0.4 is 10.1 Å². The largest absolute Gasteiger partial charge is 0.497 e. The van der Waals surface area contributed by atoms with Gasteiger partial charge in [0.05, 0.1) is 7.11 Å². The first-order valence-corrected chi connectivity index (χ1v) is 9.33. The summed E-state index contributed by atoms with van der Waals surface area (Å²) in [7, 11) is 1.66. The van der Waals surface area contributed by atoms with Gasteiger partial charge in [0.2, 0.25) is 0 Å². The van der Waals surface area contributed by atoms with Crippen molar-refractivity contribution in [2.45, 2.75) is 18.9 Å². The van der Waals surface area contributed by atoms with Crippen molar-refractivity contribution in [3.63, 3.8) is 0 Å². The molecule has 0 aliphatic carbocycles. The van der Waals surface area contributed by atoms with Gasteiger partial charge in [0.1, 0.15) is 17.9 Å². The molecule has 7 nitrogen and oxygen atoms in total. The van der Waals surface area contributed by atoms with Crippen LogP contribution in [0.25, 0.3) is 5.82 Å². The van der Waals surface area contributed by atoms with E-state index in [2.05, 4.69) is 27.4 Å². The molecule has 3 heterocycles. The van der Waals surface area contributed by atoms with Gasteiger partial charge >= 0.3 is 6.03 Å². The molecule has 1 aromatic carbocycles. The molecule has 1 unspecified atom stereocenters. The fourth-order valence-corrected chi connectivity index (χ4v) is 3.45. The highest BCUT2D eigenvalue weighted by atomic mass is 16.5. The highest BCUT2D eigenvalue weighted by molar-refractivity contribution is 5.74. The standard InChI is InChI=1S/C21H23N5O2/c1-28-19-5-3-17(4-6-19)18-8-10-25(14-18)21(27)24-13-16-2-7-20(23-12-16)26-11-9-22-15-26/h2-7,9,11-12,15,18H,8,10,13-14H2,1H3,(H,24,27). The average molecular weight is 377 g/mol. The number of amides is 2. The topological polar surface area (TPSA) is 72.3 Å². The predicted octanol–water partition coefficient (Wildman–Crippen LogP) is 2.98. The Morgan fingerprint density at radius 3 is 2.79 bits per heavy atom. The van der Waals surface area contributed by atoms with Crippen molar-refractivity contribution < 1.29 is 9.53 Å². The van der Waals surface area contributed by atoms with Crippen LogP contribution >= 0.6 is 0 Å². The van der Waals surface area contributed by atoms with E-state index in [9.17, 15) is 4.79 Å². The highest BCUT2D eigenvalue weighted by Crippen LogP contribution is 2.28. The number of urea groups is 1.